The van der Waals surface area contributed by atoms with Gasteiger partial charge in [0, 0.05) is 0 Å². The van der Waals surface area contributed by atoms with E-state index in [-0.39, 0.29) is 0 Å². The molecule has 1 heterocycles. The van der Waals surface area contributed by atoms with E-state index in [1.165, 1.54) is 6.07 Å². The average molecular weight is 160 g/mol. The quantitative estimate of drug-likeness (QED) is 0.570. The molecule has 5 heteroatoms. The van der Waals surface area contributed by atoms with Crippen LogP contribution in [0.2, 0.25) is 0 Å². The van der Waals surface area contributed by atoms with Crippen LogP contribution in [0.25, 0.3) is 11.0 Å². The Hall–Kier alpha value is -2.09. The number of aromatic nitrogens is 3. The molecule has 1 N–H and O–H groups in total. The second-order valence-electron chi connectivity index (χ2n) is 2.29. The third-order valence-electron chi connectivity index (χ3n) is 1.56. The first-order valence-corrected chi connectivity index (χ1v) is 3.26. The van der Waals surface area contributed by atoms with Gasteiger partial charge in [-0.25, -0.2) is 0 Å². The smallest absolute Gasteiger partial charge is 0.132 e. The molecule has 5 nitrogen and oxygen atoms in total. The summed E-state index contributed by atoms with van der Waals surface area (Å²) in [5.41, 5.74) is 1.48. The van der Waals surface area contributed by atoms with Gasteiger partial charge >= 0.3 is 0 Å². The van der Waals surface area contributed by atoms with E-state index in [0.29, 0.717) is 21.4 Å². The van der Waals surface area contributed by atoms with Crippen molar-refractivity contribution in [1.82, 2.24) is 15.2 Å². The molecule has 58 valence electrons. The van der Waals surface area contributed by atoms with Gasteiger partial charge in [0.15, 0.2) is 0 Å². The number of nitrogens with zero attached hydrogens (tertiary/aromatic N) is 4. The number of nitriles is 1. The zero-order valence-corrected chi connectivity index (χ0v) is 5.97. The van der Waals surface area contributed by atoms with Gasteiger partial charge in [0.2, 0.25) is 0 Å². The minimum Gasteiger partial charge on any atom is -0.410 e. The summed E-state index contributed by atoms with van der Waals surface area (Å²) in [6.45, 7) is 0. The second kappa shape index (κ2) is 2.20. The predicted octanol–water partition coefficient (Wildman–Crippen LogP) is 0.540. The number of hydrogen-bond acceptors (Lipinski definition) is 4. The molecule has 0 spiro atoms. The number of fused-ring (bicyclic) bond motifs is 1. The van der Waals surface area contributed by atoms with Gasteiger partial charge in [-0.2, -0.15) is 5.26 Å². The zero-order chi connectivity index (χ0) is 8.55. The summed E-state index contributed by atoms with van der Waals surface area (Å²) in [4.78, 5) is 0.649. The Morgan fingerprint density at radius 3 is 3.08 bits per heavy atom. The van der Waals surface area contributed by atoms with Gasteiger partial charge in [-0.05, 0) is 23.4 Å². The molecule has 0 saturated heterocycles. The van der Waals surface area contributed by atoms with Crippen molar-refractivity contribution in [1.29, 1.82) is 5.26 Å². The Morgan fingerprint density at radius 2 is 2.33 bits per heavy atom. The maximum Gasteiger partial charge on any atom is 0.132 e. The first-order valence-electron chi connectivity index (χ1n) is 3.26. The summed E-state index contributed by atoms with van der Waals surface area (Å²) in [5.74, 6) is 0. The van der Waals surface area contributed by atoms with Gasteiger partial charge in [-0.1, -0.05) is 4.85 Å². The maximum atomic E-state index is 9.06. The molecular formula is C7H4N4O. The van der Waals surface area contributed by atoms with Gasteiger partial charge in [-0.3, -0.25) is 0 Å². The predicted molar refractivity (Wildman–Crippen MR) is 39.4 cm³/mol. The molecule has 2 rings (SSSR count). The number of benzene rings is 1. The molecule has 0 saturated carbocycles. The third kappa shape index (κ3) is 0.787. The first-order chi connectivity index (χ1) is 5.81. The Balaban J connectivity index is 2.82. The number of rotatable bonds is 0. The molecule has 0 amide bonds. The fraction of sp³-hybridized carbons (Fsp3) is 0. The molecule has 12 heavy (non-hydrogen) atoms. The van der Waals surface area contributed by atoms with Gasteiger partial charge in [0.25, 0.3) is 0 Å². The minimum absolute atomic E-state index is 0.439. The fourth-order valence-electron chi connectivity index (χ4n) is 0.976. The molecule has 0 radical (unpaired) electrons. The minimum atomic E-state index is 0.439. The van der Waals surface area contributed by atoms with Crippen LogP contribution in [0.4, 0.5) is 0 Å². The van der Waals surface area contributed by atoms with E-state index in [1.54, 1.807) is 12.1 Å². The van der Waals surface area contributed by atoms with Crippen LogP contribution in [0.15, 0.2) is 18.2 Å². The molecule has 2 aromatic rings. The van der Waals surface area contributed by atoms with Crippen molar-refractivity contribution >= 4 is 11.0 Å². The summed E-state index contributed by atoms with van der Waals surface area (Å²) < 4.78 is 0. The molecule has 0 atom stereocenters. The van der Waals surface area contributed by atoms with E-state index >= 15 is 0 Å². The Kier molecular flexibility index (Phi) is 1.21. The van der Waals surface area contributed by atoms with E-state index < -0.39 is 0 Å². The molecule has 1 aromatic carbocycles. The van der Waals surface area contributed by atoms with Crippen LogP contribution >= 0.6 is 0 Å². The normalized spacial score (nSPS) is 9.92. The lowest BCUT2D eigenvalue weighted by Crippen LogP contribution is -1.91. The van der Waals surface area contributed by atoms with Crippen molar-refractivity contribution in [3.8, 4) is 6.07 Å². The van der Waals surface area contributed by atoms with Crippen LogP contribution in [0.5, 0.6) is 0 Å². The highest BCUT2D eigenvalue weighted by Gasteiger charge is 2.02. The van der Waals surface area contributed by atoms with E-state index in [9.17, 15) is 0 Å². The summed E-state index contributed by atoms with van der Waals surface area (Å²) in [6.07, 6.45) is 0. The van der Waals surface area contributed by atoms with Crippen molar-refractivity contribution < 1.29 is 5.21 Å². The van der Waals surface area contributed by atoms with Crippen LogP contribution < -0.4 is 0 Å². The van der Waals surface area contributed by atoms with Crippen LogP contribution in [0.1, 0.15) is 5.56 Å². The van der Waals surface area contributed by atoms with Crippen LogP contribution in [-0.4, -0.2) is 20.4 Å². The van der Waals surface area contributed by atoms with Crippen LogP contribution in [0.3, 0.4) is 0 Å². The molecule has 0 aliphatic rings. The van der Waals surface area contributed by atoms with Crippen molar-refractivity contribution in [2.75, 3.05) is 0 Å². The lowest BCUT2D eigenvalue weighted by Gasteiger charge is -1.89. The second-order valence-corrected chi connectivity index (χ2v) is 2.29. The molecule has 0 aliphatic heterocycles. The molecule has 0 fully saturated rings. The van der Waals surface area contributed by atoms with Gasteiger partial charge in [0.05, 0.1) is 11.6 Å². The SMILES string of the molecule is N#Cc1ccc2nnn(O)c2c1. The lowest BCUT2D eigenvalue weighted by atomic mass is 10.2. The molecule has 0 aliphatic carbocycles. The summed E-state index contributed by atoms with van der Waals surface area (Å²) in [7, 11) is 0. The van der Waals surface area contributed by atoms with Gasteiger partial charge in [-0.15, -0.1) is 5.10 Å². The molecule has 1 aromatic heterocycles. The summed E-state index contributed by atoms with van der Waals surface area (Å²) in [6, 6.07) is 6.73. The highest BCUT2D eigenvalue weighted by Crippen LogP contribution is 2.10. The lowest BCUT2D eigenvalue weighted by molar-refractivity contribution is 0.154. The van der Waals surface area contributed by atoms with Gasteiger partial charge < -0.3 is 5.21 Å². The van der Waals surface area contributed by atoms with Crippen molar-refractivity contribution in [2.45, 2.75) is 0 Å². The third-order valence-corrected chi connectivity index (χ3v) is 1.56. The molecular weight excluding hydrogens is 156 g/mol. The Morgan fingerprint density at radius 1 is 1.50 bits per heavy atom. The number of hydrogen-bond donors (Lipinski definition) is 1. The average Bonchev–Trinajstić information content (AvgIpc) is 2.47. The molecule has 0 unspecified atom stereocenters. The van der Waals surface area contributed by atoms with Crippen LogP contribution in [0, 0.1) is 11.3 Å². The van der Waals surface area contributed by atoms with Crippen LogP contribution in [-0.2, 0) is 0 Å². The highest BCUT2D eigenvalue weighted by molar-refractivity contribution is 5.75. The maximum absolute atomic E-state index is 9.06. The largest absolute Gasteiger partial charge is 0.410 e. The van der Waals surface area contributed by atoms with E-state index in [2.05, 4.69) is 10.3 Å². The fourth-order valence-corrected chi connectivity index (χ4v) is 0.976. The Bertz CT molecular complexity index is 468. The molecule has 0 bridgehead atoms. The van der Waals surface area contributed by atoms with Crippen molar-refractivity contribution in [2.24, 2.45) is 0 Å². The summed E-state index contributed by atoms with van der Waals surface area (Å²) >= 11 is 0. The first kappa shape index (κ1) is 6.61. The standard InChI is InChI=1S/C7H4N4O/c8-4-5-1-2-6-7(3-5)11(12)10-9-6/h1-3,12H. The highest BCUT2D eigenvalue weighted by atomic mass is 16.5. The van der Waals surface area contributed by atoms with E-state index in [0.717, 1.165) is 0 Å². The van der Waals surface area contributed by atoms with Crippen molar-refractivity contribution in [3.63, 3.8) is 0 Å². The summed E-state index contributed by atoms with van der Waals surface area (Å²) in [5, 5.41) is 24.6. The van der Waals surface area contributed by atoms with Crippen molar-refractivity contribution in [3.05, 3.63) is 23.8 Å². The van der Waals surface area contributed by atoms with E-state index in [1.807, 2.05) is 6.07 Å². The van der Waals surface area contributed by atoms with Gasteiger partial charge in [0.1, 0.15) is 11.0 Å². The zero-order valence-electron chi connectivity index (χ0n) is 5.97. The topological polar surface area (TPSA) is 74.7 Å². The monoisotopic (exact) mass is 160 g/mol. The Labute approximate surface area is 67.4 Å². The van der Waals surface area contributed by atoms with E-state index in [4.69, 9.17) is 10.5 Å².